The Bertz CT molecular complexity index is 1600. The van der Waals surface area contributed by atoms with Gasteiger partial charge in [0.05, 0.1) is 56.4 Å². The van der Waals surface area contributed by atoms with Crippen LogP contribution in [0.2, 0.25) is 0 Å². The van der Waals surface area contributed by atoms with Gasteiger partial charge in [-0.05, 0) is 56.2 Å². The summed E-state index contributed by atoms with van der Waals surface area (Å²) in [5.41, 5.74) is 1.88. The zero-order chi connectivity index (χ0) is 28.8. The van der Waals surface area contributed by atoms with Crippen LogP contribution in [0.25, 0.3) is 6.08 Å². The van der Waals surface area contributed by atoms with Gasteiger partial charge < -0.3 is 23.7 Å². The monoisotopic (exact) mass is 566 g/mol. The average molecular weight is 567 g/mol. The molecule has 1 atom stereocenters. The normalized spacial score (nSPS) is 14.8. The minimum absolute atomic E-state index is 0.192. The van der Waals surface area contributed by atoms with Gasteiger partial charge in [-0.2, -0.15) is 0 Å². The number of methoxy groups -OCH3 is 3. The number of nitrogens with zero attached hydrogens (tertiary/aromatic N) is 2. The number of unbranched alkanes of at least 4 members (excludes halogenated alkanes) is 1. The number of esters is 1. The van der Waals surface area contributed by atoms with Gasteiger partial charge in [0.25, 0.3) is 5.56 Å². The molecule has 40 heavy (non-hydrogen) atoms. The van der Waals surface area contributed by atoms with E-state index in [9.17, 15) is 9.59 Å². The lowest BCUT2D eigenvalue weighted by Gasteiger charge is -2.25. The van der Waals surface area contributed by atoms with Gasteiger partial charge in [-0.15, -0.1) is 0 Å². The van der Waals surface area contributed by atoms with E-state index in [4.69, 9.17) is 23.7 Å². The quantitative estimate of drug-likeness (QED) is 0.256. The summed E-state index contributed by atoms with van der Waals surface area (Å²) >= 11 is 1.24. The first-order valence-corrected chi connectivity index (χ1v) is 13.9. The molecule has 2 heterocycles. The van der Waals surface area contributed by atoms with Gasteiger partial charge in [-0.25, -0.2) is 9.79 Å². The maximum absolute atomic E-state index is 13.9. The highest BCUT2D eigenvalue weighted by molar-refractivity contribution is 7.07. The van der Waals surface area contributed by atoms with E-state index in [1.54, 1.807) is 65.5 Å². The maximum Gasteiger partial charge on any atom is 0.338 e. The Morgan fingerprint density at radius 1 is 1.02 bits per heavy atom. The van der Waals surface area contributed by atoms with Crippen molar-refractivity contribution in [2.75, 3.05) is 34.5 Å². The molecule has 1 aliphatic rings. The summed E-state index contributed by atoms with van der Waals surface area (Å²) in [5, 5.41) is 0. The summed E-state index contributed by atoms with van der Waals surface area (Å²) in [7, 11) is 4.70. The SMILES string of the molecule is CCCCOc1ccc([C@@H]2C(C(=O)OCC)=C(C)N=c3s/c(=C/c4ccc(OC)cc4OC)c(=O)n32)cc1OC. The molecule has 2 aromatic carbocycles. The highest BCUT2D eigenvalue weighted by Gasteiger charge is 2.34. The molecular weight excluding hydrogens is 532 g/mol. The third-order valence-corrected chi connectivity index (χ3v) is 7.49. The number of fused-ring (bicyclic) bond motifs is 1. The third kappa shape index (κ3) is 5.77. The number of hydrogen-bond donors (Lipinski definition) is 0. The van der Waals surface area contributed by atoms with E-state index in [2.05, 4.69) is 11.9 Å². The van der Waals surface area contributed by atoms with Crippen LogP contribution in [0.1, 0.15) is 50.8 Å². The van der Waals surface area contributed by atoms with Crippen molar-refractivity contribution in [1.29, 1.82) is 0 Å². The van der Waals surface area contributed by atoms with E-state index in [1.807, 2.05) is 12.1 Å². The molecule has 0 saturated carbocycles. The summed E-state index contributed by atoms with van der Waals surface area (Å²) in [6.45, 7) is 6.34. The Kier molecular flexibility index (Phi) is 9.31. The van der Waals surface area contributed by atoms with E-state index >= 15 is 0 Å². The van der Waals surface area contributed by atoms with E-state index in [1.165, 1.54) is 15.9 Å². The molecule has 212 valence electrons. The van der Waals surface area contributed by atoms with Gasteiger partial charge in [-0.3, -0.25) is 9.36 Å². The van der Waals surface area contributed by atoms with Gasteiger partial charge in [0, 0.05) is 11.6 Å². The van der Waals surface area contributed by atoms with Crippen LogP contribution in [0.15, 0.2) is 57.5 Å². The Hall–Kier alpha value is -4.05. The first-order valence-electron chi connectivity index (χ1n) is 13.1. The summed E-state index contributed by atoms with van der Waals surface area (Å²) < 4.78 is 29.7. The number of hydrogen-bond acceptors (Lipinski definition) is 9. The number of ether oxygens (including phenoxy) is 5. The second kappa shape index (κ2) is 12.9. The van der Waals surface area contributed by atoms with E-state index in [-0.39, 0.29) is 12.2 Å². The molecule has 0 N–H and O–H groups in total. The predicted molar refractivity (Wildman–Crippen MR) is 153 cm³/mol. The van der Waals surface area contributed by atoms with Crippen LogP contribution >= 0.6 is 11.3 Å². The molecule has 9 nitrogen and oxygen atoms in total. The molecule has 0 radical (unpaired) electrons. The Balaban J connectivity index is 1.90. The van der Waals surface area contributed by atoms with Crippen molar-refractivity contribution in [2.45, 2.75) is 39.7 Å². The Morgan fingerprint density at radius 2 is 1.80 bits per heavy atom. The van der Waals surface area contributed by atoms with Crippen molar-refractivity contribution < 1.29 is 28.5 Å². The molecule has 0 unspecified atom stereocenters. The molecule has 0 saturated heterocycles. The molecule has 10 heteroatoms. The van der Waals surface area contributed by atoms with E-state index < -0.39 is 12.0 Å². The lowest BCUT2D eigenvalue weighted by molar-refractivity contribution is -0.139. The molecular formula is C30H34N2O7S. The van der Waals surface area contributed by atoms with Crippen molar-refractivity contribution in [3.8, 4) is 23.0 Å². The fourth-order valence-corrected chi connectivity index (χ4v) is 5.52. The molecule has 0 bridgehead atoms. The summed E-state index contributed by atoms with van der Waals surface area (Å²) in [4.78, 5) is 32.3. The molecule has 4 rings (SSSR count). The van der Waals surface area contributed by atoms with Crippen LogP contribution in [0.3, 0.4) is 0 Å². The number of aromatic nitrogens is 1. The molecule has 0 fully saturated rings. The third-order valence-electron chi connectivity index (χ3n) is 6.50. The predicted octanol–water partition coefficient (Wildman–Crippen LogP) is 4.00. The van der Waals surface area contributed by atoms with Crippen LogP contribution in [0.5, 0.6) is 23.0 Å². The standard InChI is InChI=1S/C30H34N2O7S/c1-7-9-14-39-22-13-11-20(15-24(22)37-6)27-26(29(34)38-8-2)18(3)31-30-32(27)28(33)25(40-30)16-19-10-12-21(35-4)17-23(19)36-5/h10-13,15-17,27H,7-9,14H2,1-6H3/b25-16+/t27-/m1/s1. The van der Waals surface area contributed by atoms with Crippen LogP contribution in [-0.4, -0.2) is 45.1 Å². The van der Waals surface area contributed by atoms with Crippen LogP contribution in [-0.2, 0) is 9.53 Å². The van der Waals surface area contributed by atoms with E-state index in [0.29, 0.717) is 61.3 Å². The van der Waals surface area contributed by atoms with Crippen molar-refractivity contribution in [2.24, 2.45) is 4.99 Å². The summed E-state index contributed by atoms with van der Waals surface area (Å²) in [5.74, 6) is 1.78. The highest BCUT2D eigenvalue weighted by atomic mass is 32.1. The van der Waals surface area contributed by atoms with Crippen LogP contribution < -0.4 is 33.8 Å². The van der Waals surface area contributed by atoms with Gasteiger partial charge in [0.15, 0.2) is 16.3 Å². The lowest BCUT2D eigenvalue weighted by atomic mass is 9.95. The van der Waals surface area contributed by atoms with Crippen molar-refractivity contribution in [3.05, 3.63) is 78.5 Å². The number of allylic oxidation sites excluding steroid dienone is 1. The van der Waals surface area contributed by atoms with Crippen LogP contribution in [0, 0.1) is 0 Å². The second-order valence-electron chi connectivity index (χ2n) is 9.02. The molecule has 0 aliphatic carbocycles. The Morgan fingerprint density at radius 3 is 2.48 bits per heavy atom. The molecule has 1 aliphatic heterocycles. The molecule has 3 aromatic rings. The molecule has 1 aromatic heterocycles. The Labute approximate surface area is 236 Å². The summed E-state index contributed by atoms with van der Waals surface area (Å²) in [6, 6.07) is 10.1. The largest absolute Gasteiger partial charge is 0.497 e. The fraction of sp³-hybridized carbons (Fsp3) is 0.367. The molecule has 0 spiro atoms. The number of carbonyl (C=O) groups is 1. The minimum atomic E-state index is -0.770. The fourth-order valence-electron chi connectivity index (χ4n) is 4.49. The summed E-state index contributed by atoms with van der Waals surface area (Å²) in [6.07, 6.45) is 3.67. The van der Waals surface area contributed by atoms with Gasteiger partial charge in [-0.1, -0.05) is 30.7 Å². The topological polar surface area (TPSA) is 97.6 Å². The van der Waals surface area contributed by atoms with Crippen molar-refractivity contribution >= 4 is 23.4 Å². The van der Waals surface area contributed by atoms with Gasteiger partial charge in [0.2, 0.25) is 0 Å². The lowest BCUT2D eigenvalue weighted by Crippen LogP contribution is -2.40. The first kappa shape index (κ1) is 28.9. The van der Waals surface area contributed by atoms with Crippen molar-refractivity contribution in [3.63, 3.8) is 0 Å². The number of thiazole rings is 1. The number of benzene rings is 2. The van der Waals surface area contributed by atoms with Crippen molar-refractivity contribution in [1.82, 2.24) is 4.57 Å². The van der Waals surface area contributed by atoms with Crippen LogP contribution in [0.4, 0.5) is 0 Å². The van der Waals surface area contributed by atoms with Gasteiger partial charge in [0.1, 0.15) is 11.5 Å². The first-order chi connectivity index (χ1) is 19.4. The smallest absolute Gasteiger partial charge is 0.338 e. The maximum atomic E-state index is 13.9. The highest BCUT2D eigenvalue weighted by Crippen LogP contribution is 2.36. The second-order valence-corrected chi connectivity index (χ2v) is 10.0. The van der Waals surface area contributed by atoms with Gasteiger partial charge >= 0.3 is 5.97 Å². The zero-order valence-corrected chi connectivity index (χ0v) is 24.4. The van der Waals surface area contributed by atoms with E-state index in [0.717, 1.165) is 12.8 Å². The molecule has 0 amide bonds. The number of rotatable bonds is 11. The zero-order valence-electron chi connectivity index (χ0n) is 23.6. The minimum Gasteiger partial charge on any atom is -0.497 e. The average Bonchev–Trinajstić information content (AvgIpc) is 3.26. The number of carbonyl (C=O) groups excluding carboxylic acids is 1.